The highest BCUT2D eigenvalue weighted by Crippen LogP contribution is 2.13. The van der Waals surface area contributed by atoms with E-state index in [9.17, 15) is 4.79 Å². The van der Waals surface area contributed by atoms with Gasteiger partial charge in [-0.3, -0.25) is 4.79 Å². The molecule has 0 atom stereocenters. The van der Waals surface area contributed by atoms with E-state index in [1.165, 1.54) is 0 Å². The van der Waals surface area contributed by atoms with Gasteiger partial charge in [0.2, 0.25) is 0 Å². The van der Waals surface area contributed by atoms with Gasteiger partial charge < -0.3 is 4.90 Å². The summed E-state index contributed by atoms with van der Waals surface area (Å²) in [6.45, 7) is 4.70. The molecule has 0 unspecified atom stereocenters. The Morgan fingerprint density at radius 2 is 1.84 bits per heavy atom. The second-order valence-corrected chi connectivity index (χ2v) is 4.73. The molecule has 0 N–H and O–H groups in total. The number of fused-ring (bicyclic) bond motifs is 1. The van der Waals surface area contributed by atoms with Crippen LogP contribution in [0.15, 0.2) is 24.3 Å². The van der Waals surface area contributed by atoms with Gasteiger partial charge in [-0.15, -0.1) is 0 Å². The molecule has 1 amide bonds. The first-order valence-corrected chi connectivity index (χ1v) is 6.62. The smallest absolute Gasteiger partial charge is 0.274 e. The van der Waals surface area contributed by atoms with Crippen LogP contribution in [-0.2, 0) is 0 Å². The quantitative estimate of drug-likeness (QED) is 0.846. The molecule has 0 saturated carbocycles. The zero-order valence-electron chi connectivity index (χ0n) is 11.7. The van der Waals surface area contributed by atoms with Crippen molar-refractivity contribution < 1.29 is 4.79 Å². The molecule has 0 fully saturated rings. The molecule has 0 radical (unpaired) electrons. The van der Waals surface area contributed by atoms with Crippen LogP contribution in [0.4, 0.5) is 0 Å². The number of rotatable bonds is 4. The molecule has 1 aromatic heterocycles. The van der Waals surface area contributed by atoms with Crippen LogP contribution in [0, 0.1) is 6.92 Å². The maximum Gasteiger partial charge on any atom is 0.274 e. The van der Waals surface area contributed by atoms with Gasteiger partial charge in [0.25, 0.3) is 5.91 Å². The lowest BCUT2D eigenvalue weighted by molar-refractivity contribution is 0.0786. The molecule has 4 heteroatoms. The average molecular weight is 257 g/mol. The molecular weight excluding hydrogens is 238 g/mol. The first kappa shape index (κ1) is 13.5. The van der Waals surface area contributed by atoms with Crippen molar-refractivity contribution >= 4 is 16.9 Å². The number of unbranched alkanes of at least 4 members (excludes halogenated alkanes) is 1. The summed E-state index contributed by atoms with van der Waals surface area (Å²) in [6, 6.07) is 7.61. The van der Waals surface area contributed by atoms with Crippen molar-refractivity contribution in [2.45, 2.75) is 26.7 Å². The number of para-hydroxylation sites is 2. The van der Waals surface area contributed by atoms with Gasteiger partial charge in [-0.1, -0.05) is 25.5 Å². The summed E-state index contributed by atoms with van der Waals surface area (Å²) in [6.07, 6.45) is 2.07. The summed E-state index contributed by atoms with van der Waals surface area (Å²) in [7, 11) is 1.81. The number of carbonyl (C=O) groups excluding carboxylic acids is 1. The fourth-order valence-electron chi connectivity index (χ4n) is 1.97. The first-order valence-electron chi connectivity index (χ1n) is 6.62. The standard InChI is InChI=1S/C15H19N3O/c1-4-5-10-18(3)15(19)14-11(2)16-12-8-6-7-9-13(12)17-14/h6-9H,4-5,10H2,1-3H3. The minimum atomic E-state index is -0.0517. The molecule has 1 heterocycles. The summed E-state index contributed by atoms with van der Waals surface area (Å²) in [5.41, 5.74) is 2.73. The van der Waals surface area contributed by atoms with Crippen LogP contribution < -0.4 is 0 Å². The lowest BCUT2D eigenvalue weighted by Gasteiger charge is -2.17. The highest BCUT2D eigenvalue weighted by atomic mass is 16.2. The Kier molecular flexibility index (Phi) is 4.10. The Morgan fingerprint density at radius 1 is 1.21 bits per heavy atom. The minimum absolute atomic E-state index is 0.0517. The van der Waals surface area contributed by atoms with Gasteiger partial charge >= 0.3 is 0 Å². The lowest BCUT2D eigenvalue weighted by Crippen LogP contribution is -2.29. The van der Waals surface area contributed by atoms with E-state index in [1.807, 2.05) is 38.2 Å². The Morgan fingerprint density at radius 3 is 2.47 bits per heavy atom. The van der Waals surface area contributed by atoms with Crippen LogP contribution in [0.25, 0.3) is 11.0 Å². The molecule has 0 spiro atoms. The summed E-state index contributed by atoms with van der Waals surface area (Å²) >= 11 is 0. The van der Waals surface area contributed by atoms with Gasteiger partial charge in [0.05, 0.1) is 16.7 Å². The zero-order valence-corrected chi connectivity index (χ0v) is 11.7. The number of amides is 1. The normalized spacial score (nSPS) is 10.7. The summed E-state index contributed by atoms with van der Waals surface area (Å²) in [4.78, 5) is 23.0. The van der Waals surface area contributed by atoms with Crippen LogP contribution in [0.5, 0.6) is 0 Å². The number of benzene rings is 1. The molecule has 4 nitrogen and oxygen atoms in total. The topological polar surface area (TPSA) is 46.1 Å². The van der Waals surface area contributed by atoms with Crippen LogP contribution in [0.3, 0.4) is 0 Å². The number of nitrogens with zero attached hydrogens (tertiary/aromatic N) is 3. The van der Waals surface area contributed by atoms with Crippen molar-refractivity contribution in [2.24, 2.45) is 0 Å². The van der Waals surface area contributed by atoms with Gasteiger partial charge in [0.15, 0.2) is 0 Å². The van der Waals surface area contributed by atoms with Crippen LogP contribution in [0.2, 0.25) is 0 Å². The van der Waals surface area contributed by atoms with Gasteiger partial charge in [0, 0.05) is 13.6 Å². The number of hydrogen-bond acceptors (Lipinski definition) is 3. The molecule has 100 valence electrons. The molecule has 1 aromatic carbocycles. The third kappa shape index (κ3) is 2.89. The fourth-order valence-corrected chi connectivity index (χ4v) is 1.97. The first-order chi connectivity index (χ1) is 9.13. The molecule has 0 bridgehead atoms. The summed E-state index contributed by atoms with van der Waals surface area (Å²) in [5, 5.41) is 0. The van der Waals surface area contributed by atoms with E-state index in [0.29, 0.717) is 11.4 Å². The Bertz CT molecular complexity index is 595. The van der Waals surface area contributed by atoms with Gasteiger partial charge in [-0.05, 0) is 25.5 Å². The lowest BCUT2D eigenvalue weighted by atomic mass is 10.2. The highest BCUT2D eigenvalue weighted by Gasteiger charge is 2.17. The van der Waals surface area contributed by atoms with E-state index in [4.69, 9.17) is 0 Å². The predicted octanol–water partition coefficient (Wildman–Crippen LogP) is 2.81. The van der Waals surface area contributed by atoms with E-state index in [1.54, 1.807) is 4.90 Å². The van der Waals surface area contributed by atoms with Crippen molar-refractivity contribution in [1.82, 2.24) is 14.9 Å². The zero-order chi connectivity index (χ0) is 13.8. The number of aromatic nitrogens is 2. The molecule has 19 heavy (non-hydrogen) atoms. The third-order valence-electron chi connectivity index (χ3n) is 3.14. The molecular formula is C15H19N3O. The van der Waals surface area contributed by atoms with Crippen molar-refractivity contribution in [3.63, 3.8) is 0 Å². The highest BCUT2D eigenvalue weighted by molar-refractivity contribution is 5.95. The third-order valence-corrected chi connectivity index (χ3v) is 3.14. The van der Waals surface area contributed by atoms with Crippen LogP contribution in [-0.4, -0.2) is 34.4 Å². The van der Waals surface area contributed by atoms with Crippen molar-refractivity contribution in [3.05, 3.63) is 35.7 Å². The largest absolute Gasteiger partial charge is 0.340 e. The average Bonchev–Trinajstić information content (AvgIpc) is 2.43. The second kappa shape index (κ2) is 5.78. The van der Waals surface area contributed by atoms with Gasteiger partial charge in [-0.2, -0.15) is 0 Å². The maximum absolute atomic E-state index is 12.3. The van der Waals surface area contributed by atoms with Crippen LogP contribution in [0.1, 0.15) is 35.9 Å². The monoisotopic (exact) mass is 257 g/mol. The van der Waals surface area contributed by atoms with Gasteiger partial charge in [-0.25, -0.2) is 9.97 Å². The molecule has 0 aliphatic heterocycles. The van der Waals surface area contributed by atoms with E-state index >= 15 is 0 Å². The Labute approximate surface area is 113 Å². The predicted molar refractivity (Wildman–Crippen MR) is 76.1 cm³/mol. The number of carbonyl (C=O) groups is 1. The summed E-state index contributed by atoms with van der Waals surface area (Å²) < 4.78 is 0. The number of hydrogen-bond donors (Lipinski definition) is 0. The Balaban J connectivity index is 2.33. The van der Waals surface area contributed by atoms with E-state index < -0.39 is 0 Å². The molecule has 2 aromatic rings. The van der Waals surface area contributed by atoms with Crippen molar-refractivity contribution in [3.8, 4) is 0 Å². The molecule has 0 aliphatic carbocycles. The number of aryl methyl sites for hydroxylation is 1. The van der Waals surface area contributed by atoms with Crippen molar-refractivity contribution in [2.75, 3.05) is 13.6 Å². The van der Waals surface area contributed by atoms with Crippen molar-refractivity contribution in [1.29, 1.82) is 0 Å². The van der Waals surface area contributed by atoms with E-state index in [2.05, 4.69) is 16.9 Å². The van der Waals surface area contributed by atoms with E-state index in [-0.39, 0.29) is 5.91 Å². The minimum Gasteiger partial charge on any atom is -0.340 e. The molecule has 2 rings (SSSR count). The maximum atomic E-state index is 12.3. The van der Waals surface area contributed by atoms with E-state index in [0.717, 1.165) is 30.4 Å². The SMILES string of the molecule is CCCCN(C)C(=O)c1nc2ccccc2nc1C. The summed E-state index contributed by atoms with van der Waals surface area (Å²) in [5.74, 6) is -0.0517. The molecule has 0 aliphatic rings. The van der Waals surface area contributed by atoms with Crippen LogP contribution >= 0.6 is 0 Å². The fraction of sp³-hybridized carbons (Fsp3) is 0.400. The van der Waals surface area contributed by atoms with Gasteiger partial charge in [0.1, 0.15) is 5.69 Å². The molecule has 0 saturated heterocycles. The second-order valence-electron chi connectivity index (χ2n) is 4.73. The Hall–Kier alpha value is -1.97.